The molecule has 2 aromatic carbocycles. The molecule has 0 amide bonds. The van der Waals surface area contributed by atoms with Crippen LogP contribution < -0.4 is 14.2 Å². The predicted molar refractivity (Wildman–Crippen MR) is 102 cm³/mol. The molecular weight excluding hydrogens is 364 g/mol. The lowest BCUT2D eigenvalue weighted by Gasteiger charge is -2.25. The van der Waals surface area contributed by atoms with Crippen molar-refractivity contribution in [1.82, 2.24) is 0 Å². The summed E-state index contributed by atoms with van der Waals surface area (Å²) >= 11 is 5.96. The van der Waals surface area contributed by atoms with E-state index in [1.807, 2.05) is 43.3 Å². The predicted octanol–water partition coefficient (Wildman–Crippen LogP) is 4.55. The van der Waals surface area contributed by atoms with Crippen LogP contribution in [0, 0.1) is 22.7 Å². The Labute approximate surface area is 163 Å². The Kier molecular flexibility index (Phi) is 5.86. The summed E-state index contributed by atoms with van der Waals surface area (Å²) in [5.41, 5.74) is 4.11. The molecule has 0 saturated carbocycles. The molecule has 27 heavy (non-hydrogen) atoms. The Balaban J connectivity index is 1.97. The number of fused-ring (bicyclic) bond motifs is 1. The van der Waals surface area contributed by atoms with Crippen LogP contribution in [0.25, 0.3) is 5.57 Å². The van der Waals surface area contributed by atoms with Crippen LogP contribution in [0.1, 0.15) is 18.1 Å². The van der Waals surface area contributed by atoms with Crippen molar-refractivity contribution >= 4 is 17.2 Å². The molecule has 0 aromatic heterocycles. The molecule has 0 spiro atoms. The molecule has 0 N–H and O–H groups in total. The maximum Gasteiger partial charge on any atom is 0.174 e. The fourth-order valence-corrected chi connectivity index (χ4v) is 3.08. The van der Waals surface area contributed by atoms with E-state index in [4.69, 9.17) is 36.3 Å². The molecule has 1 aliphatic heterocycles. The van der Waals surface area contributed by atoms with Gasteiger partial charge in [0.25, 0.3) is 0 Å². The van der Waals surface area contributed by atoms with Crippen LogP contribution in [0.4, 0.5) is 0 Å². The first-order valence-electron chi connectivity index (χ1n) is 8.36. The smallest absolute Gasteiger partial charge is 0.174 e. The van der Waals surface area contributed by atoms with Crippen LogP contribution in [-0.4, -0.2) is 19.8 Å². The van der Waals surface area contributed by atoms with E-state index in [9.17, 15) is 0 Å². The third-order valence-corrected chi connectivity index (χ3v) is 4.53. The van der Waals surface area contributed by atoms with Crippen molar-refractivity contribution in [2.45, 2.75) is 13.3 Å². The van der Waals surface area contributed by atoms with Gasteiger partial charge in [0.1, 0.15) is 36.0 Å². The summed E-state index contributed by atoms with van der Waals surface area (Å²) in [5.74, 6) is 1.60. The van der Waals surface area contributed by atoms with E-state index in [2.05, 4.69) is 0 Å². The SMILES string of the molecule is CC1=C(Cc2ccc(Cl)cc2)COc2cc(OCC#N)cc(OCC#N)c21. The summed E-state index contributed by atoms with van der Waals surface area (Å²) in [4.78, 5) is 0. The summed E-state index contributed by atoms with van der Waals surface area (Å²) in [6, 6.07) is 15.0. The van der Waals surface area contributed by atoms with Crippen molar-refractivity contribution in [2.75, 3.05) is 19.8 Å². The van der Waals surface area contributed by atoms with E-state index in [1.54, 1.807) is 12.1 Å². The van der Waals surface area contributed by atoms with Crippen molar-refractivity contribution < 1.29 is 14.2 Å². The summed E-state index contributed by atoms with van der Waals surface area (Å²) in [6.45, 7) is 2.30. The van der Waals surface area contributed by atoms with Gasteiger partial charge in [0.15, 0.2) is 13.2 Å². The van der Waals surface area contributed by atoms with Crippen molar-refractivity contribution in [1.29, 1.82) is 10.5 Å². The van der Waals surface area contributed by atoms with Crippen molar-refractivity contribution in [3.05, 3.63) is 58.1 Å². The van der Waals surface area contributed by atoms with Gasteiger partial charge >= 0.3 is 0 Å². The number of rotatable bonds is 6. The number of benzene rings is 2. The van der Waals surface area contributed by atoms with Gasteiger partial charge in [-0.25, -0.2) is 0 Å². The van der Waals surface area contributed by atoms with Gasteiger partial charge in [0.2, 0.25) is 0 Å². The number of nitrogens with zero attached hydrogens (tertiary/aromatic N) is 2. The first-order chi connectivity index (χ1) is 13.1. The zero-order valence-electron chi connectivity index (χ0n) is 14.8. The Morgan fingerprint density at radius 1 is 1.07 bits per heavy atom. The number of nitriles is 2. The van der Waals surface area contributed by atoms with Gasteiger partial charge in [-0.2, -0.15) is 10.5 Å². The van der Waals surface area contributed by atoms with E-state index in [-0.39, 0.29) is 13.2 Å². The van der Waals surface area contributed by atoms with Crippen molar-refractivity contribution in [3.8, 4) is 29.4 Å². The number of halogens is 1. The van der Waals surface area contributed by atoms with Gasteiger partial charge in [-0.15, -0.1) is 0 Å². The van der Waals surface area contributed by atoms with Crippen LogP contribution in [0.2, 0.25) is 5.02 Å². The molecule has 0 fully saturated rings. The summed E-state index contributed by atoms with van der Waals surface area (Å²) in [7, 11) is 0. The number of ether oxygens (including phenoxy) is 3. The highest BCUT2D eigenvalue weighted by Gasteiger charge is 2.23. The Morgan fingerprint density at radius 3 is 2.48 bits per heavy atom. The molecule has 0 atom stereocenters. The molecule has 2 aromatic rings. The molecule has 136 valence electrons. The molecule has 1 aliphatic rings. The van der Waals surface area contributed by atoms with Crippen LogP contribution in [0.3, 0.4) is 0 Å². The average molecular weight is 381 g/mol. The van der Waals surface area contributed by atoms with Gasteiger partial charge in [-0.05, 0) is 42.2 Å². The lowest BCUT2D eigenvalue weighted by atomic mass is 9.93. The zero-order chi connectivity index (χ0) is 19.2. The highest BCUT2D eigenvalue weighted by molar-refractivity contribution is 6.30. The standard InChI is InChI=1S/C21H17ClN2O3/c1-14-16(10-15-2-4-17(22)5-3-15)13-27-20-12-18(25-8-6-23)11-19(21(14)20)26-9-7-24/h2-5,11-12H,8-10,13H2,1H3. The molecule has 0 unspecified atom stereocenters. The monoisotopic (exact) mass is 380 g/mol. The number of hydrogen-bond donors (Lipinski definition) is 0. The van der Waals surface area contributed by atoms with Gasteiger partial charge in [0, 0.05) is 17.2 Å². The highest BCUT2D eigenvalue weighted by Crippen LogP contribution is 2.43. The molecule has 1 heterocycles. The highest BCUT2D eigenvalue weighted by atomic mass is 35.5. The first-order valence-corrected chi connectivity index (χ1v) is 8.74. The second kappa shape index (κ2) is 8.49. The minimum atomic E-state index is -0.0893. The Morgan fingerprint density at radius 2 is 1.78 bits per heavy atom. The second-order valence-corrected chi connectivity index (χ2v) is 6.45. The maximum absolute atomic E-state index is 8.87. The van der Waals surface area contributed by atoms with E-state index in [0.29, 0.717) is 28.9 Å². The van der Waals surface area contributed by atoms with Crippen molar-refractivity contribution in [3.63, 3.8) is 0 Å². The summed E-state index contributed by atoms with van der Waals surface area (Å²) in [5, 5.41) is 18.3. The molecular formula is C21H17ClN2O3. The first kappa shape index (κ1) is 18.6. The van der Waals surface area contributed by atoms with Crippen molar-refractivity contribution in [2.24, 2.45) is 0 Å². The Bertz CT molecular complexity index is 953. The maximum atomic E-state index is 8.87. The minimum absolute atomic E-state index is 0.0763. The molecule has 0 radical (unpaired) electrons. The van der Waals surface area contributed by atoms with E-state index < -0.39 is 0 Å². The Hall–Kier alpha value is -3.15. The van der Waals surface area contributed by atoms with Crippen LogP contribution in [0.5, 0.6) is 17.2 Å². The van der Waals surface area contributed by atoms with E-state index in [1.165, 1.54) is 0 Å². The molecule has 6 heteroatoms. The number of allylic oxidation sites excluding steroid dienone is 1. The van der Waals surface area contributed by atoms with E-state index in [0.717, 1.165) is 28.7 Å². The van der Waals surface area contributed by atoms with Crippen LogP contribution in [-0.2, 0) is 6.42 Å². The fraction of sp³-hybridized carbons (Fsp3) is 0.238. The normalized spacial score (nSPS) is 12.4. The molecule has 5 nitrogen and oxygen atoms in total. The summed E-state index contributed by atoms with van der Waals surface area (Å²) < 4.78 is 16.9. The number of hydrogen-bond acceptors (Lipinski definition) is 5. The topological polar surface area (TPSA) is 75.3 Å². The molecule has 0 aliphatic carbocycles. The van der Waals surface area contributed by atoms with Gasteiger partial charge in [-0.1, -0.05) is 23.7 Å². The summed E-state index contributed by atoms with van der Waals surface area (Å²) in [6.07, 6.45) is 0.729. The van der Waals surface area contributed by atoms with Crippen LogP contribution >= 0.6 is 11.6 Å². The minimum Gasteiger partial charge on any atom is -0.488 e. The van der Waals surface area contributed by atoms with Gasteiger partial charge < -0.3 is 14.2 Å². The molecule has 0 bridgehead atoms. The third-order valence-electron chi connectivity index (χ3n) is 4.27. The van der Waals surface area contributed by atoms with Gasteiger partial charge in [-0.3, -0.25) is 0 Å². The lowest BCUT2D eigenvalue weighted by Crippen LogP contribution is -2.14. The second-order valence-electron chi connectivity index (χ2n) is 6.01. The molecule has 0 saturated heterocycles. The quantitative estimate of drug-likeness (QED) is 0.734. The van der Waals surface area contributed by atoms with Gasteiger partial charge in [0.05, 0.1) is 5.56 Å². The third kappa shape index (κ3) is 4.34. The zero-order valence-corrected chi connectivity index (χ0v) is 15.5. The molecule has 3 rings (SSSR count). The van der Waals surface area contributed by atoms with Crippen LogP contribution in [0.15, 0.2) is 42.0 Å². The van der Waals surface area contributed by atoms with E-state index >= 15 is 0 Å². The fourth-order valence-electron chi connectivity index (χ4n) is 2.95. The average Bonchev–Trinajstić information content (AvgIpc) is 2.68. The largest absolute Gasteiger partial charge is 0.488 e. The lowest BCUT2D eigenvalue weighted by molar-refractivity contribution is 0.319.